The lowest BCUT2D eigenvalue weighted by atomic mass is 10.0. The maximum Gasteiger partial charge on any atom is 0.326 e. The number of H-pyrrole nitrogens is 3. The monoisotopic (exact) mass is 598 g/mol. The highest BCUT2D eigenvalue weighted by atomic mass is 16.4. The van der Waals surface area contributed by atoms with Crippen LogP contribution in [-0.2, 0) is 38.4 Å². The number of fused-ring (bicyclic) bond motifs is 2. The van der Waals surface area contributed by atoms with Gasteiger partial charge in [-0.1, -0.05) is 36.4 Å². The van der Waals surface area contributed by atoms with Crippen molar-refractivity contribution in [2.45, 2.75) is 50.4 Å². The van der Waals surface area contributed by atoms with E-state index in [0.29, 0.717) is 5.69 Å². The summed E-state index contributed by atoms with van der Waals surface area (Å²) in [7, 11) is 0. The highest BCUT2D eigenvalue weighted by molar-refractivity contribution is 5.95. The largest absolute Gasteiger partial charge is 0.480 e. The molecule has 4 unspecified atom stereocenters. The highest BCUT2D eigenvalue weighted by Crippen LogP contribution is 2.21. The average Bonchev–Trinajstić information content (AvgIpc) is 3.77. The molecule has 0 radical (unpaired) electrons. The van der Waals surface area contributed by atoms with Crippen LogP contribution in [0.5, 0.6) is 0 Å². The van der Waals surface area contributed by atoms with Gasteiger partial charge in [-0.2, -0.15) is 0 Å². The van der Waals surface area contributed by atoms with E-state index in [1.165, 1.54) is 19.4 Å². The van der Waals surface area contributed by atoms with Crippen LogP contribution in [-0.4, -0.2) is 72.9 Å². The number of aliphatic carboxylic acids is 1. The topological polar surface area (TPSA) is 211 Å². The second kappa shape index (κ2) is 13.3. The molecule has 0 saturated heterocycles. The lowest BCUT2D eigenvalue weighted by Crippen LogP contribution is -2.58. The van der Waals surface area contributed by atoms with Crippen molar-refractivity contribution < 1.29 is 24.3 Å². The van der Waals surface area contributed by atoms with Crippen LogP contribution in [0.2, 0.25) is 0 Å². The van der Waals surface area contributed by atoms with Gasteiger partial charge < -0.3 is 41.7 Å². The Morgan fingerprint density at radius 2 is 1.25 bits per heavy atom. The molecule has 13 nitrogen and oxygen atoms in total. The van der Waals surface area contributed by atoms with Crippen molar-refractivity contribution in [2.75, 3.05) is 0 Å². The molecule has 9 N–H and O–H groups in total. The molecule has 3 aromatic heterocycles. The maximum atomic E-state index is 13.7. The molecule has 5 rings (SSSR count). The summed E-state index contributed by atoms with van der Waals surface area (Å²) in [5, 5.41) is 19.7. The first kappa shape index (κ1) is 30.0. The van der Waals surface area contributed by atoms with E-state index in [0.717, 1.165) is 32.9 Å². The van der Waals surface area contributed by atoms with Crippen molar-refractivity contribution in [3.8, 4) is 0 Å². The molecule has 0 spiro atoms. The summed E-state index contributed by atoms with van der Waals surface area (Å²) in [5.41, 5.74) is 9.54. The van der Waals surface area contributed by atoms with Crippen molar-refractivity contribution >= 4 is 45.5 Å². The first-order valence-electron chi connectivity index (χ1n) is 14.2. The van der Waals surface area contributed by atoms with Gasteiger partial charge in [0.05, 0.1) is 12.4 Å². The van der Waals surface area contributed by atoms with Gasteiger partial charge in [-0.25, -0.2) is 9.78 Å². The molecule has 0 bridgehead atoms. The van der Waals surface area contributed by atoms with E-state index in [9.17, 15) is 24.3 Å². The van der Waals surface area contributed by atoms with E-state index in [-0.39, 0.29) is 19.3 Å². The lowest BCUT2D eigenvalue weighted by molar-refractivity contribution is -0.142. The number of carbonyl (C=O) groups is 4. The van der Waals surface area contributed by atoms with Crippen LogP contribution in [0.4, 0.5) is 0 Å². The van der Waals surface area contributed by atoms with Crippen molar-refractivity contribution in [3.63, 3.8) is 0 Å². The number of nitrogens with zero attached hydrogens (tertiary/aromatic N) is 1. The molecule has 0 fully saturated rings. The van der Waals surface area contributed by atoms with Crippen LogP contribution < -0.4 is 21.7 Å². The Kier molecular flexibility index (Phi) is 9.05. The van der Waals surface area contributed by atoms with Crippen molar-refractivity contribution in [2.24, 2.45) is 5.73 Å². The zero-order valence-corrected chi connectivity index (χ0v) is 24.0. The van der Waals surface area contributed by atoms with Gasteiger partial charge in [-0.15, -0.1) is 0 Å². The molecular formula is C31H34N8O5. The first-order chi connectivity index (χ1) is 21.2. The molecule has 3 amide bonds. The number of aromatic amines is 3. The Balaban J connectivity index is 1.37. The molecule has 13 heteroatoms. The van der Waals surface area contributed by atoms with Crippen LogP contribution in [0.15, 0.2) is 73.4 Å². The second-order valence-electron chi connectivity index (χ2n) is 10.7. The van der Waals surface area contributed by atoms with Crippen LogP contribution in [0.1, 0.15) is 23.7 Å². The number of aromatic nitrogens is 4. The van der Waals surface area contributed by atoms with Gasteiger partial charge in [0, 0.05) is 65.4 Å². The van der Waals surface area contributed by atoms with E-state index in [1.54, 1.807) is 12.4 Å². The zero-order chi connectivity index (χ0) is 31.2. The molecular weight excluding hydrogens is 564 g/mol. The highest BCUT2D eigenvalue weighted by Gasteiger charge is 2.31. The van der Waals surface area contributed by atoms with Crippen LogP contribution in [0, 0.1) is 0 Å². The molecule has 228 valence electrons. The molecule has 3 heterocycles. The Morgan fingerprint density at radius 1 is 0.750 bits per heavy atom. The third-order valence-corrected chi connectivity index (χ3v) is 7.47. The van der Waals surface area contributed by atoms with Gasteiger partial charge in [-0.3, -0.25) is 14.4 Å². The molecule has 0 aliphatic heterocycles. The van der Waals surface area contributed by atoms with E-state index >= 15 is 0 Å². The summed E-state index contributed by atoms with van der Waals surface area (Å²) in [5.74, 6) is -3.10. The number of carboxylic acid groups (broad SMARTS) is 1. The Morgan fingerprint density at radius 3 is 1.77 bits per heavy atom. The van der Waals surface area contributed by atoms with E-state index in [2.05, 4.69) is 35.9 Å². The van der Waals surface area contributed by atoms with Gasteiger partial charge in [0.2, 0.25) is 17.7 Å². The number of nitrogens with two attached hydrogens (primary N) is 1. The summed E-state index contributed by atoms with van der Waals surface area (Å²) in [6.07, 6.45) is 6.56. The van der Waals surface area contributed by atoms with Crippen molar-refractivity contribution in [1.29, 1.82) is 0 Å². The van der Waals surface area contributed by atoms with E-state index in [1.807, 2.05) is 48.5 Å². The number of rotatable bonds is 13. The predicted molar refractivity (Wildman–Crippen MR) is 163 cm³/mol. The third kappa shape index (κ3) is 6.95. The minimum Gasteiger partial charge on any atom is -0.480 e. The van der Waals surface area contributed by atoms with Crippen LogP contribution in [0.3, 0.4) is 0 Å². The number of hydrogen-bond acceptors (Lipinski definition) is 6. The lowest BCUT2D eigenvalue weighted by Gasteiger charge is -2.25. The summed E-state index contributed by atoms with van der Waals surface area (Å²) in [6.45, 7) is 1.50. The standard InChI is InChI=1S/C31H34N8O5/c1-17(32)28(40)37-25(10-18-13-34-23-8-4-2-6-21(18)23)29(41)38-26(12-20-15-33-16-36-20)30(42)39-27(31(43)44)11-19-14-35-24-9-5-3-7-22(19)24/h2-9,13-17,25-27,34-35H,10-12,32H2,1H3,(H,33,36)(H,37,40)(H,38,41)(H,39,42)(H,43,44). The number of hydrogen-bond donors (Lipinski definition) is 8. The second-order valence-corrected chi connectivity index (χ2v) is 10.7. The number of benzene rings is 2. The van der Waals surface area contributed by atoms with Gasteiger partial charge in [0.15, 0.2) is 0 Å². The summed E-state index contributed by atoms with van der Waals surface area (Å²) >= 11 is 0. The first-order valence-corrected chi connectivity index (χ1v) is 14.2. The minimum atomic E-state index is -1.28. The summed E-state index contributed by atoms with van der Waals surface area (Å²) < 4.78 is 0. The van der Waals surface area contributed by atoms with Gasteiger partial charge in [0.25, 0.3) is 0 Å². The SMILES string of the molecule is CC(N)C(=O)NC(Cc1c[nH]c2ccccc12)C(=O)NC(Cc1cnc[nH]1)C(=O)NC(Cc1c[nH]c2ccccc12)C(=O)O. The number of imidazole rings is 1. The molecule has 0 aliphatic carbocycles. The molecule has 2 aromatic carbocycles. The maximum absolute atomic E-state index is 13.7. The molecule has 0 saturated carbocycles. The summed E-state index contributed by atoms with van der Waals surface area (Å²) in [6, 6.07) is 10.6. The normalized spacial score (nSPS) is 14.0. The number of nitrogens with one attached hydrogen (secondary N) is 6. The molecule has 4 atom stereocenters. The van der Waals surface area contributed by atoms with Crippen LogP contribution >= 0.6 is 0 Å². The number of para-hydroxylation sites is 2. The zero-order valence-electron chi connectivity index (χ0n) is 24.0. The Bertz CT molecular complexity index is 1770. The fraction of sp³-hybridized carbons (Fsp3) is 0.258. The number of carbonyl (C=O) groups excluding carboxylic acids is 3. The van der Waals surface area contributed by atoms with Crippen molar-refractivity contribution in [3.05, 3.63) is 90.3 Å². The third-order valence-electron chi connectivity index (χ3n) is 7.47. The van der Waals surface area contributed by atoms with Crippen molar-refractivity contribution in [1.82, 2.24) is 35.9 Å². The van der Waals surface area contributed by atoms with E-state index in [4.69, 9.17) is 5.73 Å². The minimum absolute atomic E-state index is 0.00194. The number of carboxylic acids is 1. The van der Waals surface area contributed by atoms with Gasteiger partial charge >= 0.3 is 5.97 Å². The number of amides is 3. The Labute approximate surface area is 252 Å². The van der Waals surface area contributed by atoms with Gasteiger partial charge in [-0.05, 0) is 30.2 Å². The average molecular weight is 599 g/mol. The smallest absolute Gasteiger partial charge is 0.326 e. The van der Waals surface area contributed by atoms with Crippen LogP contribution in [0.25, 0.3) is 21.8 Å². The predicted octanol–water partition coefficient (Wildman–Crippen LogP) is 1.29. The quantitative estimate of drug-likeness (QED) is 0.0994. The Hall–Kier alpha value is -5.43. The molecule has 5 aromatic rings. The summed E-state index contributed by atoms with van der Waals surface area (Å²) in [4.78, 5) is 65.3. The van der Waals surface area contributed by atoms with Gasteiger partial charge in [0.1, 0.15) is 18.1 Å². The molecule has 0 aliphatic rings. The van der Waals surface area contributed by atoms with E-state index < -0.39 is 47.9 Å². The molecule has 44 heavy (non-hydrogen) atoms. The fourth-order valence-corrected chi connectivity index (χ4v) is 5.12. The fourth-order valence-electron chi connectivity index (χ4n) is 5.12.